The van der Waals surface area contributed by atoms with Crippen molar-refractivity contribution in [3.8, 4) is 16.9 Å². The highest BCUT2D eigenvalue weighted by Crippen LogP contribution is 2.29. The lowest BCUT2D eigenvalue weighted by Gasteiger charge is -2.17. The third kappa shape index (κ3) is 4.38. The number of nitrogens with two attached hydrogens (primary N) is 1. The summed E-state index contributed by atoms with van der Waals surface area (Å²) >= 11 is 0. The fourth-order valence-corrected chi connectivity index (χ4v) is 3.03. The molecule has 0 aliphatic heterocycles. The number of carbonyl (C=O) groups excluding carboxylic acids is 1. The first-order valence-corrected chi connectivity index (χ1v) is 9.21. The molecule has 5 heteroatoms. The van der Waals surface area contributed by atoms with Gasteiger partial charge in [-0.05, 0) is 36.2 Å². The molecule has 0 radical (unpaired) electrons. The predicted octanol–water partition coefficient (Wildman–Crippen LogP) is 4.32. The van der Waals surface area contributed by atoms with Crippen molar-refractivity contribution in [2.75, 3.05) is 13.2 Å². The predicted molar refractivity (Wildman–Crippen MR) is 109 cm³/mol. The Morgan fingerprint density at radius 2 is 1.82 bits per heavy atom. The zero-order chi connectivity index (χ0) is 19.9. The normalized spacial score (nSPS) is 11.7. The first-order valence-electron chi connectivity index (χ1n) is 9.21. The Labute approximate surface area is 164 Å². The minimum Gasteiger partial charge on any atom is -0.491 e. The van der Waals surface area contributed by atoms with Gasteiger partial charge in [0.25, 0.3) is 5.91 Å². The molecule has 28 heavy (non-hydrogen) atoms. The maximum atomic E-state index is 14.7. The van der Waals surface area contributed by atoms with Crippen LogP contribution in [0.4, 0.5) is 4.39 Å². The van der Waals surface area contributed by atoms with Crippen LogP contribution in [0.5, 0.6) is 5.75 Å². The fourth-order valence-electron chi connectivity index (χ4n) is 3.03. The van der Waals surface area contributed by atoms with Gasteiger partial charge in [-0.15, -0.1) is 0 Å². The van der Waals surface area contributed by atoms with Gasteiger partial charge in [0.15, 0.2) is 11.6 Å². The Morgan fingerprint density at radius 3 is 2.54 bits per heavy atom. The zero-order valence-electron chi connectivity index (χ0n) is 15.7. The molecule has 3 N–H and O–H groups in total. The minimum atomic E-state index is -0.439. The summed E-state index contributed by atoms with van der Waals surface area (Å²) in [5.41, 5.74) is 8.21. The second-order valence-corrected chi connectivity index (χ2v) is 6.30. The third-order valence-corrected chi connectivity index (χ3v) is 4.44. The van der Waals surface area contributed by atoms with Crippen LogP contribution in [0.15, 0.2) is 72.8 Å². The van der Waals surface area contributed by atoms with Crippen LogP contribution >= 0.6 is 0 Å². The summed E-state index contributed by atoms with van der Waals surface area (Å²) in [4.78, 5) is 12.7. The van der Waals surface area contributed by atoms with Gasteiger partial charge in [0.05, 0.1) is 12.6 Å². The van der Waals surface area contributed by atoms with Crippen LogP contribution in [0, 0.1) is 5.82 Å². The van der Waals surface area contributed by atoms with Crippen molar-refractivity contribution >= 4 is 5.91 Å². The summed E-state index contributed by atoms with van der Waals surface area (Å²) in [6.45, 7) is 2.46. The molecule has 3 aromatic carbocycles. The summed E-state index contributed by atoms with van der Waals surface area (Å²) in [5.74, 6) is -0.504. The van der Waals surface area contributed by atoms with E-state index in [-0.39, 0.29) is 24.2 Å². The van der Waals surface area contributed by atoms with E-state index in [2.05, 4.69) is 5.32 Å². The Kier molecular flexibility index (Phi) is 6.40. The van der Waals surface area contributed by atoms with Gasteiger partial charge < -0.3 is 15.8 Å². The van der Waals surface area contributed by atoms with Gasteiger partial charge in [-0.3, -0.25) is 4.79 Å². The molecule has 0 spiro atoms. The average Bonchev–Trinajstić information content (AvgIpc) is 2.74. The van der Waals surface area contributed by atoms with Gasteiger partial charge in [0, 0.05) is 17.7 Å². The van der Waals surface area contributed by atoms with Crippen molar-refractivity contribution in [3.05, 3.63) is 89.7 Å². The van der Waals surface area contributed by atoms with Gasteiger partial charge in [0.1, 0.15) is 0 Å². The molecule has 3 aromatic rings. The monoisotopic (exact) mass is 378 g/mol. The molecule has 0 heterocycles. The molecule has 0 saturated heterocycles. The molecule has 0 fully saturated rings. The van der Waals surface area contributed by atoms with Crippen LogP contribution < -0.4 is 15.8 Å². The largest absolute Gasteiger partial charge is 0.491 e. The van der Waals surface area contributed by atoms with E-state index < -0.39 is 5.82 Å². The highest BCUT2D eigenvalue weighted by molar-refractivity contribution is 5.95. The van der Waals surface area contributed by atoms with Gasteiger partial charge in [-0.1, -0.05) is 54.6 Å². The van der Waals surface area contributed by atoms with E-state index in [0.29, 0.717) is 23.3 Å². The number of hydrogen-bond donors (Lipinski definition) is 2. The highest BCUT2D eigenvalue weighted by Gasteiger charge is 2.16. The molecule has 3 rings (SSSR count). The van der Waals surface area contributed by atoms with Crippen molar-refractivity contribution in [2.24, 2.45) is 5.73 Å². The Bertz CT molecular complexity index is 944. The first-order chi connectivity index (χ1) is 13.6. The first kappa shape index (κ1) is 19.6. The molecular formula is C23H23FN2O2. The Morgan fingerprint density at radius 1 is 1.07 bits per heavy atom. The van der Waals surface area contributed by atoms with Crippen molar-refractivity contribution in [2.45, 2.75) is 13.0 Å². The van der Waals surface area contributed by atoms with Crippen LogP contribution in [0.25, 0.3) is 11.1 Å². The highest BCUT2D eigenvalue weighted by atomic mass is 19.1. The van der Waals surface area contributed by atoms with Crippen LogP contribution in [0.1, 0.15) is 28.9 Å². The molecule has 0 aliphatic carbocycles. The molecule has 0 bridgehead atoms. The van der Waals surface area contributed by atoms with Gasteiger partial charge in [0.2, 0.25) is 0 Å². The van der Waals surface area contributed by atoms with E-state index in [1.807, 2.05) is 30.3 Å². The second-order valence-electron chi connectivity index (χ2n) is 6.30. The molecule has 1 amide bonds. The molecule has 4 nitrogen and oxygen atoms in total. The maximum absolute atomic E-state index is 14.7. The molecule has 0 aromatic heterocycles. The lowest BCUT2D eigenvalue weighted by molar-refractivity contribution is 0.0938. The molecule has 1 atom stereocenters. The smallest absolute Gasteiger partial charge is 0.251 e. The number of benzene rings is 3. The molecule has 0 saturated carbocycles. The summed E-state index contributed by atoms with van der Waals surface area (Å²) in [7, 11) is 0. The quantitative estimate of drug-likeness (QED) is 0.643. The van der Waals surface area contributed by atoms with Crippen LogP contribution in [-0.4, -0.2) is 19.1 Å². The number of hydrogen-bond acceptors (Lipinski definition) is 3. The standard InChI is InChI=1S/C23H23FN2O2/c1-2-28-21-13-7-12-19(22(21)24)17-10-6-11-18(14-17)23(27)26-20(15-25)16-8-4-3-5-9-16/h3-14,20H,2,15,25H2,1H3,(H,26,27)/t20-/m0/s1. The van der Waals surface area contributed by atoms with Crippen LogP contribution in [0.3, 0.4) is 0 Å². The Hall–Kier alpha value is -3.18. The molecule has 144 valence electrons. The summed E-state index contributed by atoms with van der Waals surface area (Å²) in [6, 6.07) is 21.1. The number of rotatable bonds is 7. The minimum absolute atomic E-state index is 0.196. The second kappa shape index (κ2) is 9.15. The summed E-state index contributed by atoms with van der Waals surface area (Å²) < 4.78 is 20.0. The van der Waals surface area contributed by atoms with Gasteiger partial charge in [-0.25, -0.2) is 4.39 Å². The average molecular weight is 378 g/mol. The zero-order valence-corrected chi connectivity index (χ0v) is 15.7. The lowest BCUT2D eigenvalue weighted by atomic mass is 10.0. The molecular weight excluding hydrogens is 355 g/mol. The summed E-state index contributed by atoms with van der Waals surface area (Å²) in [5, 5.41) is 2.94. The van der Waals surface area contributed by atoms with Gasteiger partial charge >= 0.3 is 0 Å². The number of nitrogens with one attached hydrogen (secondary N) is 1. The van der Waals surface area contributed by atoms with Crippen molar-refractivity contribution in [1.29, 1.82) is 0 Å². The van der Waals surface area contributed by atoms with Crippen LogP contribution in [-0.2, 0) is 0 Å². The molecule has 0 aliphatic rings. The van der Waals surface area contributed by atoms with Crippen molar-refractivity contribution in [3.63, 3.8) is 0 Å². The third-order valence-electron chi connectivity index (χ3n) is 4.44. The maximum Gasteiger partial charge on any atom is 0.251 e. The van der Waals surface area contributed by atoms with Crippen molar-refractivity contribution in [1.82, 2.24) is 5.32 Å². The number of ether oxygens (including phenoxy) is 1. The van der Waals surface area contributed by atoms with E-state index in [1.165, 1.54) is 0 Å². The fraction of sp³-hybridized carbons (Fsp3) is 0.174. The molecule has 0 unspecified atom stereocenters. The van der Waals surface area contributed by atoms with E-state index in [9.17, 15) is 9.18 Å². The van der Waals surface area contributed by atoms with Gasteiger partial charge in [-0.2, -0.15) is 0 Å². The Balaban J connectivity index is 1.85. The summed E-state index contributed by atoms with van der Waals surface area (Å²) in [6.07, 6.45) is 0. The van der Waals surface area contributed by atoms with Crippen LogP contribution in [0.2, 0.25) is 0 Å². The van der Waals surface area contributed by atoms with E-state index >= 15 is 0 Å². The van der Waals surface area contributed by atoms with E-state index in [4.69, 9.17) is 10.5 Å². The topological polar surface area (TPSA) is 64.3 Å². The van der Waals surface area contributed by atoms with E-state index in [1.54, 1.807) is 49.4 Å². The lowest BCUT2D eigenvalue weighted by Crippen LogP contribution is -2.33. The van der Waals surface area contributed by atoms with E-state index in [0.717, 1.165) is 5.56 Å². The number of amides is 1. The number of carbonyl (C=O) groups is 1. The SMILES string of the molecule is CCOc1cccc(-c2cccc(C(=O)N[C@@H](CN)c3ccccc3)c2)c1F. The number of halogens is 1. The van der Waals surface area contributed by atoms with Crippen molar-refractivity contribution < 1.29 is 13.9 Å².